The fraction of sp³-hybridized carbons (Fsp3) is 0.267. The number of β-amino-alcohol motifs (C(OH)–C–C–N with tert-alkyl or cyclic N) is 1. The van der Waals surface area contributed by atoms with Gasteiger partial charge in [-0.25, -0.2) is 4.39 Å². The third-order valence-electron chi connectivity index (χ3n) is 3.64. The van der Waals surface area contributed by atoms with Gasteiger partial charge in [0.2, 0.25) is 5.22 Å². The minimum absolute atomic E-state index is 0.0271. The predicted molar refractivity (Wildman–Crippen MR) is 74.5 cm³/mol. The fourth-order valence-electron chi connectivity index (χ4n) is 2.64. The van der Waals surface area contributed by atoms with Crippen molar-refractivity contribution in [1.82, 2.24) is 4.90 Å². The van der Waals surface area contributed by atoms with Crippen LogP contribution in [0.5, 0.6) is 0 Å². The lowest BCUT2D eigenvalue weighted by Gasteiger charge is -2.24. The van der Waals surface area contributed by atoms with E-state index in [1.165, 1.54) is 29.4 Å². The van der Waals surface area contributed by atoms with Gasteiger partial charge in [0.25, 0.3) is 5.91 Å². The van der Waals surface area contributed by atoms with Crippen LogP contribution < -0.4 is 0 Å². The Hall–Kier alpha value is -1.85. The largest absolute Gasteiger partial charge is 0.452 e. The normalized spacial score (nSPS) is 21.8. The Morgan fingerprint density at radius 2 is 2.05 bits per heavy atom. The van der Waals surface area contributed by atoms with Gasteiger partial charge in [-0.1, -0.05) is 12.1 Å². The molecule has 0 saturated carbocycles. The molecule has 0 unspecified atom stereocenters. The molecule has 1 aliphatic rings. The summed E-state index contributed by atoms with van der Waals surface area (Å²) in [6.07, 6.45) is 1.14. The van der Waals surface area contributed by atoms with Crippen molar-refractivity contribution in [3.8, 4) is 0 Å². The summed E-state index contributed by atoms with van der Waals surface area (Å²) in [4.78, 5) is 14.1. The molecule has 1 aromatic carbocycles. The van der Waals surface area contributed by atoms with Gasteiger partial charge >= 0.3 is 0 Å². The molecule has 1 aromatic heterocycles. The smallest absolute Gasteiger partial charge is 0.259 e. The maximum atomic E-state index is 13.0. The number of amides is 1. The highest BCUT2D eigenvalue weighted by atomic mass is 35.5. The number of rotatable bonds is 2. The molecule has 3 rings (SSSR count). The molecular weight excluding hydrogens is 297 g/mol. The van der Waals surface area contributed by atoms with Gasteiger partial charge in [-0.3, -0.25) is 4.79 Å². The van der Waals surface area contributed by atoms with Crippen LogP contribution in [-0.2, 0) is 0 Å². The number of carbonyl (C=O) groups is 1. The lowest BCUT2D eigenvalue weighted by atomic mass is 10.0. The van der Waals surface area contributed by atoms with Gasteiger partial charge in [-0.2, -0.15) is 0 Å². The molecule has 1 fully saturated rings. The van der Waals surface area contributed by atoms with E-state index in [4.69, 9.17) is 16.0 Å². The molecule has 4 nitrogen and oxygen atoms in total. The van der Waals surface area contributed by atoms with Crippen LogP contribution in [0.4, 0.5) is 4.39 Å². The van der Waals surface area contributed by atoms with E-state index in [-0.39, 0.29) is 35.1 Å². The van der Waals surface area contributed by atoms with E-state index in [1.807, 2.05) is 0 Å². The molecule has 1 amide bonds. The van der Waals surface area contributed by atoms with Gasteiger partial charge in [0, 0.05) is 6.54 Å². The van der Waals surface area contributed by atoms with Crippen LogP contribution in [0.15, 0.2) is 41.0 Å². The lowest BCUT2D eigenvalue weighted by molar-refractivity contribution is 0.0715. The van der Waals surface area contributed by atoms with E-state index in [2.05, 4.69) is 0 Å². The monoisotopic (exact) mass is 309 g/mol. The maximum absolute atomic E-state index is 13.0. The van der Waals surface area contributed by atoms with Crippen LogP contribution in [0.2, 0.25) is 5.22 Å². The number of likely N-dealkylation sites (tertiary alicyclic amines) is 1. The van der Waals surface area contributed by atoms with Crippen molar-refractivity contribution >= 4 is 17.5 Å². The SMILES string of the molecule is O=C(c1ccoc1Cl)N1C[C@@H](O)C[C@H]1c1ccc(F)cc1. The van der Waals surface area contributed by atoms with Crippen molar-refractivity contribution in [2.24, 2.45) is 0 Å². The maximum Gasteiger partial charge on any atom is 0.259 e. The van der Waals surface area contributed by atoms with E-state index in [0.717, 1.165) is 5.56 Å². The Bertz CT molecular complexity index is 655. The zero-order chi connectivity index (χ0) is 15.0. The summed E-state index contributed by atoms with van der Waals surface area (Å²) in [5, 5.41) is 9.90. The molecule has 21 heavy (non-hydrogen) atoms. The number of carbonyl (C=O) groups excluding carboxylic acids is 1. The van der Waals surface area contributed by atoms with E-state index in [1.54, 1.807) is 12.1 Å². The number of nitrogens with zero attached hydrogens (tertiary/aromatic N) is 1. The summed E-state index contributed by atoms with van der Waals surface area (Å²) < 4.78 is 18.0. The van der Waals surface area contributed by atoms with Crippen molar-refractivity contribution < 1.29 is 18.7 Å². The molecule has 6 heteroatoms. The van der Waals surface area contributed by atoms with Gasteiger partial charge in [0.1, 0.15) is 5.82 Å². The minimum atomic E-state index is -0.616. The van der Waals surface area contributed by atoms with Crippen LogP contribution in [0.3, 0.4) is 0 Å². The summed E-state index contributed by atoms with van der Waals surface area (Å²) in [5.74, 6) is -0.646. The quantitative estimate of drug-likeness (QED) is 0.927. The molecule has 0 spiro atoms. The van der Waals surface area contributed by atoms with Crippen molar-refractivity contribution in [3.63, 3.8) is 0 Å². The van der Waals surface area contributed by atoms with Crippen molar-refractivity contribution in [2.45, 2.75) is 18.6 Å². The van der Waals surface area contributed by atoms with Gasteiger partial charge in [-0.05, 0) is 41.8 Å². The molecular formula is C15H13ClFNO3. The van der Waals surface area contributed by atoms with Crippen LogP contribution in [0, 0.1) is 5.82 Å². The van der Waals surface area contributed by atoms with Gasteiger partial charge in [0.05, 0.1) is 24.0 Å². The van der Waals surface area contributed by atoms with Gasteiger partial charge in [0.15, 0.2) is 0 Å². The number of hydrogen-bond acceptors (Lipinski definition) is 3. The molecule has 1 saturated heterocycles. The third kappa shape index (κ3) is 2.66. The zero-order valence-electron chi connectivity index (χ0n) is 11.0. The Balaban J connectivity index is 1.91. The molecule has 2 atom stereocenters. The average Bonchev–Trinajstić information content (AvgIpc) is 3.05. The molecule has 0 radical (unpaired) electrons. The first-order valence-corrected chi connectivity index (χ1v) is 6.91. The highest BCUT2D eigenvalue weighted by Crippen LogP contribution is 2.34. The fourth-order valence-corrected chi connectivity index (χ4v) is 2.84. The Morgan fingerprint density at radius 1 is 1.33 bits per heavy atom. The van der Waals surface area contributed by atoms with Crippen molar-refractivity contribution in [3.05, 3.63) is 58.8 Å². The molecule has 110 valence electrons. The molecule has 0 bridgehead atoms. The van der Waals surface area contributed by atoms with Gasteiger partial charge < -0.3 is 14.4 Å². The second kappa shape index (κ2) is 5.50. The van der Waals surface area contributed by atoms with E-state index < -0.39 is 6.10 Å². The summed E-state index contributed by atoms with van der Waals surface area (Å²) in [6, 6.07) is 7.11. The van der Waals surface area contributed by atoms with Crippen LogP contribution in [0.1, 0.15) is 28.4 Å². The van der Waals surface area contributed by atoms with Crippen molar-refractivity contribution in [2.75, 3.05) is 6.54 Å². The predicted octanol–water partition coefficient (Wildman–Crippen LogP) is 3.02. The van der Waals surface area contributed by atoms with Crippen LogP contribution >= 0.6 is 11.6 Å². The topological polar surface area (TPSA) is 53.7 Å². The number of halogens is 2. The second-order valence-corrected chi connectivity index (χ2v) is 5.37. The third-order valence-corrected chi connectivity index (χ3v) is 3.94. The zero-order valence-corrected chi connectivity index (χ0v) is 11.8. The number of benzene rings is 1. The molecule has 0 aliphatic carbocycles. The Labute approximate surface area is 125 Å². The van der Waals surface area contributed by atoms with Crippen LogP contribution in [-0.4, -0.2) is 28.6 Å². The van der Waals surface area contributed by atoms with Crippen molar-refractivity contribution in [1.29, 1.82) is 0 Å². The number of aliphatic hydroxyl groups excluding tert-OH is 1. The first-order valence-electron chi connectivity index (χ1n) is 6.53. The number of hydrogen-bond donors (Lipinski definition) is 1. The second-order valence-electron chi connectivity index (χ2n) is 5.02. The number of furan rings is 1. The highest BCUT2D eigenvalue weighted by molar-refractivity contribution is 6.32. The summed E-state index contributed by atoms with van der Waals surface area (Å²) >= 11 is 5.84. The molecule has 1 N–H and O–H groups in total. The minimum Gasteiger partial charge on any atom is -0.452 e. The van der Waals surface area contributed by atoms with E-state index in [9.17, 15) is 14.3 Å². The summed E-state index contributed by atoms with van der Waals surface area (Å²) in [7, 11) is 0. The highest BCUT2D eigenvalue weighted by Gasteiger charge is 2.36. The van der Waals surface area contributed by atoms with Crippen LogP contribution in [0.25, 0.3) is 0 Å². The van der Waals surface area contributed by atoms with E-state index in [0.29, 0.717) is 6.42 Å². The number of aliphatic hydroxyl groups is 1. The van der Waals surface area contributed by atoms with Gasteiger partial charge in [-0.15, -0.1) is 0 Å². The Morgan fingerprint density at radius 3 is 2.67 bits per heavy atom. The molecule has 2 heterocycles. The lowest BCUT2D eigenvalue weighted by Crippen LogP contribution is -2.31. The standard InChI is InChI=1S/C15H13ClFNO3/c16-14-12(5-6-21-14)15(20)18-8-11(19)7-13(18)9-1-3-10(17)4-2-9/h1-6,11,13,19H,7-8H2/t11-,13-/m0/s1. The summed E-state index contributed by atoms with van der Waals surface area (Å²) in [5.41, 5.74) is 1.04. The Kier molecular flexibility index (Phi) is 3.69. The van der Waals surface area contributed by atoms with E-state index >= 15 is 0 Å². The first kappa shape index (κ1) is 14.1. The molecule has 2 aromatic rings. The average molecular weight is 310 g/mol. The first-order chi connectivity index (χ1) is 10.1. The molecule has 1 aliphatic heterocycles. The summed E-state index contributed by atoms with van der Waals surface area (Å²) in [6.45, 7) is 0.211.